The molecule has 0 rings (SSSR count). The fraction of sp³-hybridized carbons (Fsp3) is 0.722. The highest BCUT2D eigenvalue weighted by molar-refractivity contribution is 5.87. The summed E-state index contributed by atoms with van der Waals surface area (Å²) in [6.07, 6.45) is 0.0124. The van der Waals surface area contributed by atoms with E-state index >= 15 is 0 Å². The number of alkyl carbamates (subject to hydrolysis) is 1. The van der Waals surface area contributed by atoms with Crippen molar-refractivity contribution in [3.8, 4) is 0 Å². The quantitative estimate of drug-likeness (QED) is 0.498. The summed E-state index contributed by atoms with van der Waals surface area (Å²) in [6.45, 7) is 15.5. The molecule has 2 atom stereocenters. The van der Waals surface area contributed by atoms with E-state index in [1.807, 2.05) is 20.8 Å². The van der Waals surface area contributed by atoms with E-state index in [9.17, 15) is 14.4 Å². The zero-order chi connectivity index (χ0) is 20.5. The van der Waals surface area contributed by atoms with Gasteiger partial charge in [-0.05, 0) is 48.5 Å². The van der Waals surface area contributed by atoms with Crippen molar-refractivity contribution >= 4 is 18.0 Å². The Labute approximate surface area is 155 Å². The summed E-state index contributed by atoms with van der Waals surface area (Å²) >= 11 is 0. The summed E-state index contributed by atoms with van der Waals surface area (Å²) in [6, 6.07) is -1.02. The molecule has 0 aliphatic carbocycles. The van der Waals surface area contributed by atoms with Crippen LogP contribution in [-0.2, 0) is 23.8 Å². The molecule has 0 aliphatic rings. The van der Waals surface area contributed by atoms with Gasteiger partial charge in [0.05, 0.1) is 11.7 Å². The minimum absolute atomic E-state index is 0.0322. The van der Waals surface area contributed by atoms with Crippen LogP contribution in [0.3, 0.4) is 0 Å². The summed E-state index contributed by atoms with van der Waals surface area (Å²) in [5, 5.41) is 4.83. The Kier molecular flexibility index (Phi) is 9.34. The average molecular weight is 372 g/mol. The third-order valence-electron chi connectivity index (χ3n) is 2.71. The molecule has 0 saturated carbocycles. The average Bonchev–Trinajstić information content (AvgIpc) is 2.44. The lowest BCUT2D eigenvalue weighted by molar-refractivity contribution is -0.166. The Balaban J connectivity index is 4.93. The second-order valence-corrected chi connectivity index (χ2v) is 7.75. The monoisotopic (exact) mass is 372 g/mol. The Bertz CT molecular complexity index is 505. The first-order valence-corrected chi connectivity index (χ1v) is 8.46. The number of ether oxygens (including phenoxy) is 3. The van der Waals surface area contributed by atoms with Crippen molar-refractivity contribution in [1.82, 2.24) is 10.6 Å². The molecule has 150 valence electrons. The van der Waals surface area contributed by atoms with Gasteiger partial charge in [-0.2, -0.15) is 0 Å². The predicted molar refractivity (Wildman–Crippen MR) is 97.6 cm³/mol. The Morgan fingerprint density at radius 1 is 1.08 bits per heavy atom. The largest absolute Gasteiger partial charge is 0.458 e. The van der Waals surface area contributed by atoms with Crippen LogP contribution in [-0.4, -0.2) is 54.5 Å². The molecular formula is C18H32N2O6. The first kappa shape index (κ1) is 23.9. The van der Waals surface area contributed by atoms with E-state index in [4.69, 9.17) is 14.2 Å². The lowest BCUT2D eigenvalue weighted by atomic mass is 10.1. The van der Waals surface area contributed by atoms with E-state index in [-0.39, 0.29) is 13.2 Å². The fourth-order valence-electron chi connectivity index (χ4n) is 1.92. The molecule has 0 aromatic heterocycles. The first-order valence-electron chi connectivity index (χ1n) is 8.46. The molecule has 0 radical (unpaired) electrons. The molecule has 8 nitrogen and oxygen atoms in total. The number of rotatable bonds is 8. The third kappa shape index (κ3) is 11.5. The molecule has 0 unspecified atom stereocenters. The number of hydrogen-bond donors (Lipinski definition) is 2. The molecule has 8 heteroatoms. The van der Waals surface area contributed by atoms with Gasteiger partial charge in [0, 0.05) is 0 Å². The Hall–Kier alpha value is -2.09. The smallest absolute Gasteiger partial charge is 0.407 e. The normalized spacial score (nSPS) is 14.0. The van der Waals surface area contributed by atoms with Gasteiger partial charge in [0.15, 0.2) is 6.04 Å². The second-order valence-electron chi connectivity index (χ2n) is 7.75. The van der Waals surface area contributed by atoms with Crippen LogP contribution in [0.25, 0.3) is 0 Å². The molecular weight excluding hydrogens is 340 g/mol. The Morgan fingerprint density at radius 2 is 1.65 bits per heavy atom. The molecule has 2 amide bonds. The summed E-state index contributed by atoms with van der Waals surface area (Å²) in [4.78, 5) is 35.9. The molecule has 0 spiro atoms. The van der Waals surface area contributed by atoms with E-state index in [1.54, 1.807) is 27.7 Å². The number of esters is 1. The number of carbonyl (C=O) groups is 3. The highest BCUT2D eigenvalue weighted by atomic mass is 16.6. The van der Waals surface area contributed by atoms with Crippen LogP contribution >= 0.6 is 0 Å². The standard InChI is InChI=1S/C18H32N2O6/c1-9-10-24-16(23)19-11-13(21)20-14(12(2)25-17(3,4)5)15(22)26-18(6,7)8/h9,12,14H,1,10-11H2,2-8H3,(H,19,23)(H,20,21)/t12-,14+/m1/s1. The lowest BCUT2D eigenvalue weighted by Crippen LogP contribution is -2.54. The molecule has 0 aliphatic heterocycles. The highest BCUT2D eigenvalue weighted by Gasteiger charge is 2.34. The minimum atomic E-state index is -1.02. The van der Waals surface area contributed by atoms with Crippen molar-refractivity contribution in [2.75, 3.05) is 13.2 Å². The van der Waals surface area contributed by atoms with Crippen LogP contribution in [0.1, 0.15) is 48.5 Å². The van der Waals surface area contributed by atoms with E-state index < -0.39 is 41.3 Å². The summed E-state index contributed by atoms with van der Waals surface area (Å²) in [5.74, 6) is -1.18. The van der Waals surface area contributed by atoms with Crippen molar-refractivity contribution in [2.45, 2.75) is 71.8 Å². The van der Waals surface area contributed by atoms with Crippen molar-refractivity contribution < 1.29 is 28.6 Å². The maximum Gasteiger partial charge on any atom is 0.407 e. The van der Waals surface area contributed by atoms with Crippen LogP contribution in [0.5, 0.6) is 0 Å². The van der Waals surface area contributed by atoms with Crippen molar-refractivity contribution in [2.24, 2.45) is 0 Å². The van der Waals surface area contributed by atoms with Gasteiger partial charge >= 0.3 is 12.1 Å². The van der Waals surface area contributed by atoms with E-state index in [1.165, 1.54) is 6.08 Å². The van der Waals surface area contributed by atoms with Crippen LogP contribution in [0.15, 0.2) is 12.7 Å². The SMILES string of the molecule is C=CCOC(=O)NCC(=O)N[C@H](C(=O)OC(C)(C)C)[C@@H](C)OC(C)(C)C. The number of carbonyl (C=O) groups excluding carboxylic acids is 3. The van der Waals surface area contributed by atoms with Crippen LogP contribution < -0.4 is 10.6 Å². The lowest BCUT2D eigenvalue weighted by Gasteiger charge is -2.32. The molecule has 0 fully saturated rings. The van der Waals surface area contributed by atoms with Gasteiger partial charge in [-0.15, -0.1) is 0 Å². The van der Waals surface area contributed by atoms with Gasteiger partial charge in [-0.1, -0.05) is 12.7 Å². The van der Waals surface area contributed by atoms with Gasteiger partial charge in [-0.25, -0.2) is 9.59 Å². The van der Waals surface area contributed by atoms with Gasteiger partial charge in [-0.3, -0.25) is 4.79 Å². The number of nitrogens with one attached hydrogen (secondary N) is 2. The first-order chi connectivity index (χ1) is 11.7. The van der Waals surface area contributed by atoms with Crippen LogP contribution in [0.4, 0.5) is 4.79 Å². The molecule has 26 heavy (non-hydrogen) atoms. The molecule has 2 N–H and O–H groups in total. The topological polar surface area (TPSA) is 103 Å². The zero-order valence-electron chi connectivity index (χ0n) is 16.8. The second kappa shape index (κ2) is 10.2. The van der Waals surface area contributed by atoms with Gasteiger partial charge in [0.1, 0.15) is 18.8 Å². The summed E-state index contributed by atoms with van der Waals surface area (Å²) < 4.78 is 15.8. The summed E-state index contributed by atoms with van der Waals surface area (Å²) in [5.41, 5.74) is -1.23. The van der Waals surface area contributed by atoms with E-state index in [0.717, 1.165) is 0 Å². The van der Waals surface area contributed by atoms with Gasteiger partial charge in [0.2, 0.25) is 5.91 Å². The minimum Gasteiger partial charge on any atom is -0.458 e. The van der Waals surface area contributed by atoms with Crippen LogP contribution in [0.2, 0.25) is 0 Å². The third-order valence-corrected chi connectivity index (χ3v) is 2.71. The van der Waals surface area contributed by atoms with Crippen LogP contribution in [0, 0.1) is 0 Å². The molecule has 0 bridgehead atoms. The maximum absolute atomic E-state index is 12.5. The number of hydrogen-bond acceptors (Lipinski definition) is 6. The highest BCUT2D eigenvalue weighted by Crippen LogP contribution is 2.16. The van der Waals surface area contributed by atoms with Crippen molar-refractivity contribution in [1.29, 1.82) is 0 Å². The molecule has 0 heterocycles. The predicted octanol–water partition coefficient (Wildman–Crippen LogP) is 1.93. The maximum atomic E-state index is 12.5. The molecule has 0 saturated heterocycles. The zero-order valence-corrected chi connectivity index (χ0v) is 16.8. The van der Waals surface area contributed by atoms with E-state index in [0.29, 0.717) is 0 Å². The molecule has 0 aromatic carbocycles. The number of amides is 2. The van der Waals surface area contributed by atoms with Crippen molar-refractivity contribution in [3.05, 3.63) is 12.7 Å². The van der Waals surface area contributed by atoms with Gasteiger partial charge < -0.3 is 24.8 Å². The summed E-state index contributed by atoms with van der Waals surface area (Å²) in [7, 11) is 0. The molecule has 0 aromatic rings. The fourth-order valence-corrected chi connectivity index (χ4v) is 1.92. The van der Waals surface area contributed by atoms with Gasteiger partial charge in [0.25, 0.3) is 0 Å². The van der Waals surface area contributed by atoms with E-state index in [2.05, 4.69) is 17.2 Å². The van der Waals surface area contributed by atoms with Crippen molar-refractivity contribution in [3.63, 3.8) is 0 Å². The Morgan fingerprint density at radius 3 is 2.12 bits per heavy atom.